The number of nitrogens with zero attached hydrogens (tertiary/aromatic N) is 1. The normalized spacial score (nSPS) is 25.1. The number of hydrogen-bond donors (Lipinski definition) is 4. The molecule has 3 fully saturated rings. The van der Waals surface area contributed by atoms with Crippen molar-refractivity contribution in [2.45, 2.75) is 103 Å². The molecule has 1 heterocycles. The van der Waals surface area contributed by atoms with E-state index in [0.29, 0.717) is 19.3 Å². The largest absolute Gasteiger partial charge is 0.383 e. The lowest BCUT2D eigenvalue weighted by atomic mass is 9.92. The second-order valence-electron chi connectivity index (χ2n) is 11.6. The second-order valence-corrected chi connectivity index (χ2v) is 11.6. The monoisotopic (exact) mass is 534 g/mol. The number of aliphatic hydroxyl groups is 1. The Morgan fingerprint density at radius 1 is 1.00 bits per heavy atom. The van der Waals surface area contributed by atoms with Gasteiger partial charge in [-0.1, -0.05) is 41.0 Å². The molecule has 212 valence electrons. The maximum Gasteiger partial charge on any atom is 0.289 e. The molecule has 0 radical (unpaired) electrons. The van der Waals surface area contributed by atoms with Crippen molar-refractivity contribution in [2.24, 2.45) is 23.7 Å². The van der Waals surface area contributed by atoms with Crippen LogP contribution in [-0.4, -0.2) is 82.0 Å². The molecule has 0 aromatic rings. The van der Waals surface area contributed by atoms with Gasteiger partial charge in [0.15, 0.2) is 0 Å². The van der Waals surface area contributed by atoms with Crippen molar-refractivity contribution in [1.82, 2.24) is 20.9 Å². The summed E-state index contributed by atoms with van der Waals surface area (Å²) in [6, 6.07) is -3.07. The van der Waals surface area contributed by atoms with Gasteiger partial charge in [-0.3, -0.25) is 28.8 Å². The quantitative estimate of drug-likeness (QED) is 0.258. The van der Waals surface area contributed by atoms with Crippen LogP contribution in [0.4, 0.5) is 0 Å². The summed E-state index contributed by atoms with van der Waals surface area (Å²) < 4.78 is 0. The number of aliphatic hydroxyl groups excluding tert-OH is 1. The summed E-state index contributed by atoms with van der Waals surface area (Å²) in [5, 5.41) is 18.2. The zero-order chi connectivity index (χ0) is 28.3. The molecular formula is C27H42N4O7. The van der Waals surface area contributed by atoms with Gasteiger partial charge in [0.1, 0.15) is 24.0 Å². The van der Waals surface area contributed by atoms with Crippen molar-refractivity contribution in [3.05, 3.63) is 0 Å². The maximum atomic E-state index is 13.8. The summed E-state index contributed by atoms with van der Waals surface area (Å²) in [4.78, 5) is 79.2. The highest BCUT2D eigenvalue weighted by Crippen LogP contribution is 2.41. The summed E-state index contributed by atoms with van der Waals surface area (Å²) in [7, 11) is 0. The summed E-state index contributed by atoms with van der Waals surface area (Å²) in [5.41, 5.74) is 0. The first-order valence-electron chi connectivity index (χ1n) is 13.8. The van der Waals surface area contributed by atoms with E-state index in [9.17, 15) is 33.9 Å². The van der Waals surface area contributed by atoms with Crippen LogP contribution in [0.1, 0.15) is 73.1 Å². The van der Waals surface area contributed by atoms with Crippen molar-refractivity contribution < 1.29 is 33.9 Å². The second kappa shape index (κ2) is 12.4. The number of likely N-dealkylation sites (tertiary alicyclic amines) is 1. The van der Waals surface area contributed by atoms with Gasteiger partial charge in [-0.25, -0.2) is 0 Å². The molecule has 4 N–H and O–H groups in total. The summed E-state index contributed by atoms with van der Waals surface area (Å²) in [6.07, 6.45) is 1.89. The minimum Gasteiger partial charge on any atom is -0.383 e. The topological polar surface area (TPSA) is 162 Å². The first-order valence-corrected chi connectivity index (χ1v) is 13.8. The predicted molar refractivity (Wildman–Crippen MR) is 137 cm³/mol. The van der Waals surface area contributed by atoms with E-state index >= 15 is 0 Å². The van der Waals surface area contributed by atoms with Crippen molar-refractivity contribution in [3.63, 3.8) is 0 Å². The van der Waals surface area contributed by atoms with Crippen molar-refractivity contribution in [2.75, 3.05) is 6.54 Å². The average Bonchev–Trinajstić information content (AvgIpc) is 3.48. The number of fused-ring (bicyclic) bond motifs is 1. The SMILES string of the molecule is CCCC(NC(=O)[C@@H]1[C@H]2CCC(=O)[C@H]2CN1C(=O)[C@@H](NC(=O)[C@@H](O)C(C)C)C(C)C)C(=O)C(=O)NC1CC1. The standard InChI is InChI=1S/C27H42N4O7/c1-6-7-18(23(34)26(37)28-15-8-9-15)29-24(35)21-16-10-11-19(32)17(16)12-31(21)27(38)20(13(2)3)30-25(36)22(33)14(4)5/h13-18,20-22,33H,6-12H2,1-5H3,(H,28,37)(H,29,35)(H,30,36)/t16-,17-,18?,20-,21-,22-/m0/s1. The number of Topliss-reactive ketones (excluding diaryl/α,β-unsaturated/α-hetero) is 2. The van der Waals surface area contributed by atoms with Crippen molar-refractivity contribution in [3.8, 4) is 0 Å². The molecule has 0 aromatic heterocycles. The third-order valence-corrected chi connectivity index (χ3v) is 7.82. The molecule has 0 spiro atoms. The van der Waals surface area contributed by atoms with Crippen LogP contribution in [0.25, 0.3) is 0 Å². The zero-order valence-electron chi connectivity index (χ0n) is 23.0. The van der Waals surface area contributed by atoms with Gasteiger partial charge in [-0.15, -0.1) is 0 Å². The van der Waals surface area contributed by atoms with Crippen LogP contribution < -0.4 is 16.0 Å². The molecule has 38 heavy (non-hydrogen) atoms. The number of carbonyl (C=O) groups excluding carboxylic acids is 6. The molecule has 2 aliphatic carbocycles. The Hall–Kier alpha value is -2.82. The molecule has 11 heteroatoms. The minimum absolute atomic E-state index is 0.00461. The van der Waals surface area contributed by atoms with Gasteiger partial charge in [0.05, 0.1) is 6.04 Å². The number of ketones is 2. The van der Waals surface area contributed by atoms with Crippen molar-refractivity contribution in [1.29, 1.82) is 0 Å². The van der Waals surface area contributed by atoms with Crippen LogP contribution in [0.5, 0.6) is 0 Å². The van der Waals surface area contributed by atoms with Crippen LogP contribution in [0.2, 0.25) is 0 Å². The summed E-state index contributed by atoms with van der Waals surface area (Å²) in [5.74, 6) is -4.88. The third kappa shape index (κ3) is 6.59. The zero-order valence-corrected chi connectivity index (χ0v) is 23.0. The van der Waals surface area contributed by atoms with E-state index in [1.54, 1.807) is 27.7 Å². The Kier molecular flexibility index (Phi) is 9.67. The summed E-state index contributed by atoms with van der Waals surface area (Å²) >= 11 is 0. The maximum absolute atomic E-state index is 13.8. The molecule has 6 atom stereocenters. The van der Waals surface area contributed by atoms with Gasteiger partial charge in [0, 0.05) is 30.8 Å². The lowest BCUT2D eigenvalue weighted by Crippen LogP contribution is -2.59. The molecule has 11 nitrogen and oxygen atoms in total. The first-order chi connectivity index (χ1) is 17.9. The van der Waals surface area contributed by atoms with E-state index < -0.39 is 65.5 Å². The van der Waals surface area contributed by atoms with Gasteiger partial charge in [-0.05, 0) is 37.5 Å². The van der Waals surface area contributed by atoms with Gasteiger partial charge in [-0.2, -0.15) is 0 Å². The molecule has 0 aromatic carbocycles. The van der Waals surface area contributed by atoms with Crippen LogP contribution in [0.15, 0.2) is 0 Å². The fraction of sp³-hybridized carbons (Fsp3) is 0.778. The van der Waals surface area contributed by atoms with E-state index in [2.05, 4.69) is 16.0 Å². The molecule has 1 unspecified atom stereocenters. The van der Waals surface area contributed by atoms with Crippen LogP contribution in [0, 0.1) is 23.7 Å². The highest BCUT2D eigenvalue weighted by atomic mass is 16.3. The molecule has 3 aliphatic rings. The number of nitrogens with one attached hydrogen (secondary N) is 3. The van der Waals surface area contributed by atoms with E-state index in [-0.39, 0.29) is 36.6 Å². The molecular weight excluding hydrogens is 492 g/mol. The minimum atomic E-state index is -1.30. The molecule has 2 saturated carbocycles. The van der Waals surface area contributed by atoms with Gasteiger partial charge in [0.25, 0.3) is 5.91 Å². The highest BCUT2D eigenvalue weighted by molar-refractivity contribution is 6.38. The average molecular weight is 535 g/mol. The van der Waals surface area contributed by atoms with Crippen LogP contribution >= 0.6 is 0 Å². The van der Waals surface area contributed by atoms with E-state index in [4.69, 9.17) is 0 Å². The predicted octanol–water partition coefficient (Wildman–Crippen LogP) is 0.0828. The smallest absolute Gasteiger partial charge is 0.289 e. The fourth-order valence-corrected chi connectivity index (χ4v) is 5.36. The van der Waals surface area contributed by atoms with Gasteiger partial charge < -0.3 is 26.0 Å². The Labute approximate surface area is 223 Å². The first kappa shape index (κ1) is 29.7. The lowest BCUT2D eigenvalue weighted by Gasteiger charge is -2.33. The highest BCUT2D eigenvalue weighted by Gasteiger charge is 2.54. The third-order valence-electron chi connectivity index (χ3n) is 7.82. The number of carbonyl (C=O) groups is 6. The van der Waals surface area contributed by atoms with Gasteiger partial charge >= 0.3 is 0 Å². The fourth-order valence-electron chi connectivity index (χ4n) is 5.36. The molecule has 1 aliphatic heterocycles. The Morgan fingerprint density at radius 2 is 1.66 bits per heavy atom. The number of hydrogen-bond acceptors (Lipinski definition) is 7. The number of rotatable bonds is 12. The Morgan fingerprint density at radius 3 is 2.21 bits per heavy atom. The molecule has 0 bridgehead atoms. The van der Waals surface area contributed by atoms with Crippen molar-refractivity contribution >= 4 is 35.2 Å². The van der Waals surface area contributed by atoms with E-state index in [1.807, 2.05) is 6.92 Å². The van der Waals surface area contributed by atoms with E-state index in [0.717, 1.165) is 12.8 Å². The van der Waals surface area contributed by atoms with E-state index in [1.165, 1.54) is 4.90 Å². The summed E-state index contributed by atoms with van der Waals surface area (Å²) in [6.45, 7) is 8.74. The Bertz CT molecular complexity index is 961. The number of amides is 4. The molecule has 4 amide bonds. The van der Waals surface area contributed by atoms with Gasteiger partial charge in [0.2, 0.25) is 23.5 Å². The van der Waals surface area contributed by atoms with Crippen LogP contribution in [0.3, 0.4) is 0 Å². The molecule has 3 rings (SSSR count). The van der Waals surface area contributed by atoms with Crippen LogP contribution in [-0.2, 0) is 28.8 Å². The molecule has 1 saturated heterocycles. The Balaban J connectivity index is 1.82. The lowest BCUT2D eigenvalue weighted by molar-refractivity contribution is -0.146.